The van der Waals surface area contributed by atoms with Gasteiger partial charge in [-0.1, -0.05) is 53.6 Å². The first-order valence-corrected chi connectivity index (χ1v) is 8.70. The van der Waals surface area contributed by atoms with Gasteiger partial charge in [0.1, 0.15) is 6.10 Å². The summed E-state index contributed by atoms with van der Waals surface area (Å²) in [5.41, 5.74) is 3.64. The fourth-order valence-corrected chi connectivity index (χ4v) is 2.30. The molecule has 0 aliphatic heterocycles. The highest BCUT2D eigenvalue weighted by Crippen LogP contribution is 2.13. The first-order chi connectivity index (χ1) is 11.9. The molecule has 0 aromatic heterocycles. The Labute approximate surface area is 152 Å². The van der Waals surface area contributed by atoms with Gasteiger partial charge in [-0.15, -0.1) is 0 Å². The molecule has 0 heterocycles. The maximum atomic E-state index is 12.4. The Morgan fingerprint density at radius 1 is 1.16 bits per heavy atom. The molecule has 0 bridgehead atoms. The quantitative estimate of drug-likeness (QED) is 0.457. The Morgan fingerprint density at radius 3 is 2.44 bits per heavy atom. The number of likely N-dealkylation sites (N-methyl/N-ethyl adjacent to an activating group) is 1. The molecule has 0 aliphatic carbocycles. The summed E-state index contributed by atoms with van der Waals surface area (Å²) in [5.74, 6) is -0.174. The number of amides is 1. The van der Waals surface area contributed by atoms with Crippen molar-refractivity contribution in [2.24, 2.45) is 0 Å². The number of allylic oxidation sites excluding steroid dienone is 3. The summed E-state index contributed by atoms with van der Waals surface area (Å²) < 4.78 is 5.88. The predicted octanol–water partition coefficient (Wildman–Crippen LogP) is 4.67. The maximum absolute atomic E-state index is 12.4. The second kappa shape index (κ2) is 11.6. The van der Waals surface area contributed by atoms with Gasteiger partial charge in [-0.05, 0) is 39.2 Å². The lowest BCUT2D eigenvalue weighted by atomic mass is 10.1. The van der Waals surface area contributed by atoms with E-state index in [1.165, 1.54) is 23.3 Å². The van der Waals surface area contributed by atoms with E-state index in [9.17, 15) is 4.79 Å². The molecule has 4 nitrogen and oxygen atoms in total. The van der Waals surface area contributed by atoms with Crippen molar-refractivity contribution < 1.29 is 14.4 Å². The minimum atomic E-state index is -0.552. The first kappa shape index (κ1) is 21.1. The van der Waals surface area contributed by atoms with Crippen molar-refractivity contribution in [2.45, 2.75) is 52.7 Å². The molecule has 1 rings (SSSR count). The molecule has 4 heteroatoms. The van der Waals surface area contributed by atoms with Gasteiger partial charge < -0.3 is 4.74 Å². The van der Waals surface area contributed by atoms with E-state index in [1.807, 2.05) is 30.3 Å². The number of hydrogen-bond donors (Lipinski definition) is 0. The monoisotopic (exact) mass is 345 g/mol. The normalized spacial score (nSPS) is 12.6. The Hall–Kier alpha value is -1.91. The van der Waals surface area contributed by atoms with Gasteiger partial charge in [0.2, 0.25) is 0 Å². The third-order valence-corrected chi connectivity index (χ3v) is 3.93. The number of carbonyl (C=O) groups is 1. The van der Waals surface area contributed by atoms with Crippen LogP contribution >= 0.6 is 0 Å². The minimum absolute atomic E-state index is 0.174. The van der Waals surface area contributed by atoms with Crippen LogP contribution < -0.4 is 0 Å². The van der Waals surface area contributed by atoms with Crippen LogP contribution in [0.2, 0.25) is 0 Å². The van der Waals surface area contributed by atoms with Crippen molar-refractivity contribution in [3.05, 3.63) is 59.2 Å². The van der Waals surface area contributed by atoms with Crippen molar-refractivity contribution in [1.29, 1.82) is 0 Å². The fraction of sp³-hybridized carbons (Fsp3) is 0.476. The van der Waals surface area contributed by atoms with Crippen LogP contribution in [0.5, 0.6) is 0 Å². The molecular weight excluding hydrogens is 314 g/mol. The van der Waals surface area contributed by atoms with Crippen LogP contribution in [0.15, 0.2) is 53.6 Å². The molecule has 1 atom stereocenters. The Kier molecular flexibility index (Phi) is 9.81. The van der Waals surface area contributed by atoms with Gasteiger partial charge >= 0.3 is 0 Å². The summed E-state index contributed by atoms with van der Waals surface area (Å²) in [6.45, 7) is 6.70. The molecule has 0 fully saturated rings. The predicted molar refractivity (Wildman–Crippen MR) is 102 cm³/mol. The van der Waals surface area contributed by atoms with Crippen LogP contribution in [0.1, 0.15) is 45.6 Å². The zero-order valence-corrected chi connectivity index (χ0v) is 16.1. The Morgan fingerprint density at radius 2 is 1.84 bits per heavy atom. The summed E-state index contributed by atoms with van der Waals surface area (Å²) in [4.78, 5) is 17.5. The van der Waals surface area contributed by atoms with Crippen LogP contribution in [-0.4, -0.2) is 31.2 Å². The second-order valence-corrected chi connectivity index (χ2v) is 6.41. The van der Waals surface area contributed by atoms with Crippen LogP contribution in [0.4, 0.5) is 0 Å². The minimum Gasteiger partial charge on any atom is -0.363 e. The zero-order valence-electron chi connectivity index (χ0n) is 16.1. The van der Waals surface area contributed by atoms with Gasteiger partial charge in [0.05, 0.1) is 13.7 Å². The average Bonchev–Trinajstić information content (AvgIpc) is 2.61. The Balaban J connectivity index is 2.67. The van der Waals surface area contributed by atoms with E-state index in [-0.39, 0.29) is 5.91 Å². The van der Waals surface area contributed by atoms with Crippen molar-refractivity contribution in [3.8, 4) is 0 Å². The molecule has 0 radical (unpaired) electrons. The summed E-state index contributed by atoms with van der Waals surface area (Å²) >= 11 is 0. The molecule has 0 N–H and O–H groups in total. The maximum Gasteiger partial charge on any atom is 0.275 e. The highest BCUT2D eigenvalue weighted by molar-refractivity contribution is 5.79. The number of ether oxygens (including phenoxy) is 1. The molecule has 25 heavy (non-hydrogen) atoms. The van der Waals surface area contributed by atoms with Crippen LogP contribution in [-0.2, 0) is 21.0 Å². The van der Waals surface area contributed by atoms with Crippen LogP contribution in [0.25, 0.3) is 0 Å². The van der Waals surface area contributed by atoms with E-state index in [0.717, 1.165) is 18.4 Å². The summed E-state index contributed by atoms with van der Waals surface area (Å²) in [6.07, 6.45) is 6.32. The van der Waals surface area contributed by atoms with E-state index >= 15 is 0 Å². The number of hydroxylamine groups is 2. The number of hydrogen-bond acceptors (Lipinski definition) is 3. The molecular formula is C21H31NO3. The van der Waals surface area contributed by atoms with Crippen LogP contribution in [0, 0.1) is 0 Å². The van der Waals surface area contributed by atoms with Gasteiger partial charge in [0, 0.05) is 13.5 Å². The third-order valence-electron chi connectivity index (χ3n) is 3.93. The molecule has 138 valence electrons. The lowest BCUT2D eigenvalue weighted by Gasteiger charge is -2.21. The van der Waals surface area contributed by atoms with Gasteiger partial charge in [-0.3, -0.25) is 9.63 Å². The summed E-state index contributed by atoms with van der Waals surface area (Å²) in [6, 6.07) is 9.86. The molecule has 0 unspecified atom stereocenters. The standard InChI is InChI=1S/C21H31NO3/c1-17(2)10-9-11-18(3)14-15-20(21(23)22(4)24-5)25-16-19-12-7-6-8-13-19/h6-8,10,12-14,20H,9,11,15-16H2,1-5H3/t20-/m1/s1. The number of rotatable bonds is 10. The first-order valence-electron chi connectivity index (χ1n) is 8.70. The number of carbonyl (C=O) groups excluding carboxylic acids is 1. The number of nitrogens with zero attached hydrogens (tertiary/aromatic N) is 1. The number of benzene rings is 1. The summed E-state index contributed by atoms with van der Waals surface area (Å²) in [5, 5.41) is 1.22. The van der Waals surface area contributed by atoms with E-state index < -0.39 is 6.10 Å². The summed E-state index contributed by atoms with van der Waals surface area (Å²) in [7, 11) is 3.08. The largest absolute Gasteiger partial charge is 0.363 e. The topological polar surface area (TPSA) is 38.8 Å². The van der Waals surface area contributed by atoms with E-state index in [2.05, 4.69) is 32.9 Å². The highest BCUT2D eigenvalue weighted by Gasteiger charge is 2.22. The fourth-order valence-electron chi connectivity index (χ4n) is 2.30. The molecule has 0 saturated heterocycles. The van der Waals surface area contributed by atoms with E-state index in [4.69, 9.17) is 9.57 Å². The van der Waals surface area contributed by atoms with Gasteiger partial charge in [-0.2, -0.15) is 0 Å². The van der Waals surface area contributed by atoms with Gasteiger partial charge in [-0.25, -0.2) is 5.06 Å². The van der Waals surface area contributed by atoms with E-state index in [0.29, 0.717) is 13.0 Å². The van der Waals surface area contributed by atoms with E-state index in [1.54, 1.807) is 7.05 Å². The SMILES string of the molecule is CON(C)C(=O)[C@@H](CC=C(C)CCC=C(C)C)OCc1ccccc1. The molecule has 0 saturated carbocycles. The molecule has 1 aromatic rings. The smallest absolute Gasteiger partial charge is 0.275 e. The molecule has 1 amide bonds. The lowest BCUT2D eigenvalue weighted by Crippen LogP contribution is -2.37. The van der Waals surface area contributed by atoms with Gasteiger partial charge in [0.25, 0.3) is 5.91 Å². The van der Waals surface area contributed by atoms with Crippen molar-refractivity contribution in [1.82, 2.24) is 5.06 Å². The van der Waals surface area contributed by atoms with Crippen LogP contribution in [0.3, 0.4) is 0 Å². The highest BCUT2D eigenvalue weighted by atomic mass is 16.7. The second-order valence-electron chi connectivity index (χ2n) is 6.41. The van der Waals surface area contributed by atoms with Gasteiger partial charge in [0.15, 0.2) is 0 Å². The zero-order chi connectivity index (χ0) is 18.7. The molecule has 0 aliphatic rings. The van der Waals surface area contributed by atoms with Crippen molar-refractivity contribution in [3.63, 3.8) is 0 Å². The lowest BCUT2D eigenvalue weighted by molar-refractivity contribution is -0.181. The molecule has 1 aromatic carbocycles. The molecule has 0 spiro atoms. The Bertz CT molecular complexity index is 574. The average molecular weight is 345 g/mol. The van der Waals surface area contributed by atoms with Crippen molar-refractivity contribution >= 4 is 5.91 Å². The van der Waals surface area contributed by atoms with Crippen molar-refractivity contribution in [2.75, 3.05) is 14.2 Å². The third kappa shape index (κ3) is 8.66.